The van der Waals surface area contributed by atoms with Gasteiger partial charge in [0.2, 0.25) is 4.96 Å². The number of hydrogen-bond acceptors (Lipinski definition) is 7. The molecule has 0 bridgehead atoms. The number of nitrogens with zero attached hydrogens (tertiary/aromatic N) is 3. The molecule has 4 rings (SSSR count). The van der Waals surface area contributed by atoms with Gasteiger partial charge in [-0.25, -0.2) is 0 Å². The summed E-state index contributed by atoms with van der Waals surface area (Å²) in [5.74, 6) is 2.49. The van der Waals surface area contributed by atoms with E-state index in [9.17, 15) is 4.79 Å². The second kappa shape index (κ2) is 9.18. The van der Waals surface area contributed by atoms with E-state index in [1.165, 1.54) is 15.9 Å². The zero-order valence-corrected chi connectivity index (χ0v) is 18.4. The third kappa shape index (κ3) is 4.25. The van der Waals surface area contributed by atoms with Gasteiger partial charge in [-0.05, 0) is 49.2 Å². The minimum absolute atomic E-state index is 0.210. The highest BCUT2D eigenvalue weighted by Crippen LogP contribution is 2.29. The normalized spacial score (nSPS) is 11.8. The molecule has 2 aromatic carbocycles. The number of benzene rings is 2. The molecule has 2 heterocycles. The topological polar surface area (TPSA) is 75.0 Å². The molecule has 4 aromatic rings. The number of rotatable bonds is 8. The molecule has 0 fully saturated rings. The van der Waals surface area contributed by atoms with Gasteiger partial charge < -0.3 is 14.2 Å². The Morgan fingerprint density at radius 2 is 1.90 bits per heavy atom. The molecular formula is C23H23N3O4S. The molecule has 160 valence electrons. The van der Waals surface area contributed by atoms with E-state index in [0.717, 1.165) is 17.5 Å². The van der Waals surface area contributed by atoms with Crippen LogP contribution in [0.1, 0.15) is 25.8 Å². The third-order valence-electron chi connectivity index (χ3n) is 4.56. The molecule has 0 atom stereocenters. The lowest BCUT2D eigenvalue weighted by atomic mass is 10.2. The smallest absolute Gasteiger partial charge is 0.291 e. The standard InChI is InChI=1S/C23H23N3O4S/c1-4-12-30-18-11-10-15(13-19(18)29-5-2)14-20-22(27)26-23(31-20)24-21(25-26)16-8-6-7-9-17(16)28-3/h6-11,13-14H,4-5,12H2,1-3H3/b20-14-. The molecule has 31 heavy (non-hydrogen) atoms. The zero-order valence-electron chi connectivity index (χ0n) is 17.6. The summed E-state index contributed by atoms with van der Waals surface area (Å²) in [6, 6.07) is 13.1. The second-order valence-electron chi connectivity index (χ2n) is 6.73. The van der Waals surface area contributed by atoms with E-state index in [1.807, 2.05) is 55.5 Å². The second-order valence-corrected chi connectivity index (χ2v) is 7.74. The van der Waals surface area contributed by atoms with Crippen LogP contribution in [0.3, 0.4) is 0 Å². The minimum Gasteiger partial charge on any atom is -0.496 e. The molecule has 0 spiro atoms. The zero-order chi connectivity index (χ0) is 21.8. The van der Waals surface area contributed by atoms with Crippen LogP contribution in [0, 0.1) is 0 Å². The molecule has 0 aliphatic heterocycles. The van der Waals surface area contributed by atoms with Gasteiger partial charge in [0.1, 0.15) is 5.75 Å². The molecule has 0 aliphatic rings. The summed E-state index contributed by atoms with van der Waals surface area (Å²) in [4.78, 5) is 18.0. The van der Waals surface area contributed by atoms with Crippen molar-refractivity contribution in [1.29, 1.82) is 0 Å². The summed E-state index contributed by atoms with van der Waals surface area (Å²) in [5, 5.41) is 4.41. The maximum absolute atomic E-state index is 12.9. The van der Waals surface area contributed by atoms with Crippen LogP contribution in [0.15, 0.2) is 47.3 Å². The van der Waals surface area contributed by atoms with Gasteiger partial charge in [0, 0.05) is 0 Å². The van der Waals surface area contributed by atoms with Gasteiger partial charge in [-0.1, -0.05) is 36.5 Å². The maximum atomic E-state index is 12.9. The first-order valence-corrected chi connectivity index (χ1v) is 10.9. The molecular weight excluding hydrogens is 414 g/mol. The predicted molar refractivity (Wildman–Crippen MR) is 121 cm³/mol. The minimum atomic E-state index is -0.210. The van der Waals surface area contributed by atoms with Gasteiger partial charge in [-0.2, -0.15) is 9.50 Å². The van der Waals surface area contributed by atoms with E-state index in [0.29, 0.717) is 45.8 Å². The Balaban J connectivity index is 1.72. The Morgan fingerprint density at radius 3 is 2.65 bits per heavy atom. The molecule has 0 saturated heterocycles. The van der Waals surface area contributed by atoms with Crippen LogP contribution in [-0.4, -0.2) is 34.9 Å². The summed E-state index contributed by atoms with van der Waals surface area (Å²) in [6.45, 7) is 5.13. The molecule has 0 saturated carbocycles. The van der Waals surface area contributed by atoms with Crippen LogP contribution in [-0.2, 0) is 0 Å². The molecule has 8 heteroatoms. The SMILES string of the molecule is CCCOc1ccc(/C=c2\sc3nc(-c4ccccc4OC)nn3c2=O)cc1OCC. The number of para-hydroxylation sites is 1. The summed E-state index contributed by atoms with van der Waals surface area (Å²) in [5.41, 5.74) is 1.38. The van der Waals surface area contributed by atoms with Crippen molar-refractivity contribution in [2.75, 3.05) is 20.3 Å². The number of methoxy groups -OCH3 is 1. The fourth-order valence-electron chi connectivity index (χ4n) is 3.14. The highest BCUT2D eigenvalue weighted by atomic mass is 32.1. The lowest BCUT2D eigenvalue weighted by Gasteiger charge is -2.11. The molecule has 0 aliphatic carbocycles. The average molecular weight is 438 g/mol. The van der Waals surface area contributed by atoms with Crippen molar-refractivity contribution in [2.24, 2.45) is 0 Å². The Kier molecular flexibility index (Phi) is 6.18. The Bertz CT molecular complexity index is 1310. The summed E-state index contributed by atoms with van der Waals surface area (Å²) in [6.07, 6.45) is 2.73. The van der Waals surface area contributed by atoms with Crippen LogP contribution >= 0.6 is 11.3 Å². The largest absolute Gasteiger partial charge is 0.496 e. The first-order chi connectivity index (χ1) is 15.1. The van der Waals surface area contributed by atoms with Crippen molar-refractivity contribution in [3.05, 3.63) is 62.9 Å². The molecule has 0 unspecified atom stereocenters. The maximum Gasteiger partial charge on any atom is 0.291 e. The number of hydrogen-bond donors (Lipinski definition) is 0. The van der Waals surface area contributed by atoms with Crippen molar-refractivity contribution in [3.63, 3.8) is 0 Å². The van der Waals surface area contributed by atoms with Gasteiger partial charge in [-0.3, -0.25) is 4.79 Å². The Hall–Kier alpha value is -3.39. The van der Waals surface area contributed by atoms with Crippen LogP contribution in [0.2, 0.25) is 0 Å². The molecule has 0 radical (unpaired) electrons. The van der Waals surface area contributed by atoms with Gasteiger partial charge >= 0.3 is 0 Å². The number of ether oxygens (including phenoxy) is 3. The van der Waals surface area contributed by atoms with E-state index < -0.39 is 0 Å². The monoisotopic (exact) mass is 437 g/mol. The van der Waals surface area contributed by atoms with E-state index in [1.54, 1.807) is 7.11 Å². The fourth-order valence-corrected chi connectivity index (χ4v) is 4.05. The van der Waals surface area contributed by atoms with Crippen LogP contribution in [0.5, 0.6) is 17.2 Å². The Labute approximate surface area is 183 Å². The van der Waals surface area contributed by atoms with Gasteiger partial charge in [-0.15, -0.1) is 5.10 Å². The first-order valence-electron chi connectivity index (χ1n) is 10.1. The van der Waals surface area contributed by atoms with E-state index in [2.05, 4.69) is 17.0 Å². The number of fused-ring (bicyclic) bond motifs is 1. The lowest BCUT2D eigenvalue weighted by Crippen LogP contribution is -2.23. The predicted octanol–water partition coefficient (Wildman–Crippen LogP) is 3.56. The summed E-state index contributed by atoms with van der Waals surface area (Å²) in [7, 11) is 1.60. The average Bonchev–Trinajstić information content (AvgIpc) is 3.32. The van der Waals surface area contributed by atoms with Gasteiger partial charge in [0.25, 0.3) is 5.56 Å². The highest BCUT2D eigenvalue weighted by molar-refractivity contribution is 7.15. The quantitative estimate of drug-likeness (QED) is 0.420. The van der Waals surface area contributed by atoms with Crippen LogP contribution in [0.4, 0.5) is 0 Å². The number of thiazole rings is 1. The van der Waals surface area contributed by atoms with Crippen molar-refractivity contribution < 1.29 is 14.2 Å². The van der Waals surface area contributed by atoms with Crippen molar-refractivity contribution in [2.45, 2.75) is 20.3 Å². The van der Waals surface area contributed by atoms with Crippen LogP contribution in [0.25, 0.3) is 22.4 Å². The summed E-state index contributed by atoms with van der Waals surface area (Å²) < 4.78 is 18.7. The molecule has 0 amide bonds. The highest BCUT2D eigenvalue weighted by Gasteiger charge is 2.15. The van der Waals surface area contributed by atoms with Crippen molar-refractivity contribution >= 4 is 22.4 Å². The van der Waals surface area contributed by atoms with Gasteiger partial charge in [0.15, 0.2) is 17.3 Å². The van der Waals surface area contributed by atoms with E-state index >= 15 is 0 Å². The van der Waals surface area contributed by atoms with Crippen molar-refractivity contribution in [3.8, 4) is 28.6 Å². The van der Waals surface area contributed by atoms with Gasteiger partial charge in [0.05, 0.1) is 30.4 Å². The number of aromatic nitrogens is 3. The third-order valence-corrected chi connectivity index (χ3v) is 5.52. The first kappa shape index (κ1) is 20.9. The Morgan fingerprint density at radius 1 is 1.06 bits per heavy atom. The fraction of sp³-hybridized carbons (Fsp3) is 0.261. The van der Waals surface area contributed by atoms with Crippen LogP contribution < -0.4 is 24.3 Å². The van der Waals surface area contributed by atoms with Crippen molar-refractivity contribution in [1.82, 2.24) is 14.6 Å². The molecule has 7 nitrogen and oxygen atoms in total. The summed E-state index contributed by atoms with van der Waals surface area (Å²) >= 11 is 1.29. The lowest BCUT2D eigenvalue weighted by molar-refractivity contribution is 0.277. The van der Waals surface area contributed by atoms with E-state index in [-0.39, 0.29) is 5.56 Å². The molecule has 2 aromatic heterocycles. The molecule has 0 N–H and O–H groups in total. The van der Waals surface area contributed by atoms with E-state index in [4.69, 9.17) is 14.2 Å².